The molecule has 2 atom stereocenters. The molecule has 0 radical (unpaired) electrons. The first kappa shape index (κ1) is 17.4. The third-order valence-corrected chi connectivity index (χ3v) is 4.40. The van der Waals surface area contributed by atoms with E-state index in [1.165, 1.54) is 0 Å². The highest BCUT2D eigenvalue weighted by molar-refractivity contribution is 5.04. The van der Waals surface area contributed by atoms with Gasteiger partial charge in [-0.15, -0.1) is 0 Å². The monoisotopic (exact) mass is 281 g/mol. The molecular formula is C15H31N5. The van der Waals surface area contributed by atoms with Crippen LogP contribution in [0.1, 0.15) is 20.3 Å². The van der Waals surface area contributed by atoms with Crippen molar-refractivity contribution >= 4 is 0 Å². The van der Waals surface area contributed by atoms with E-state index in [1.54, 1.807) is 0 Å². The summed E-state index contributed by atoms with van der Waals surface area (Å²) in [7, 11) is 6.12. The molecule has 0 bridgehead atoms. The summed E-state index contributed by atoms with van der Waals surface area (Å²) in [5, 5.41) is 12.4. The molecule has 116 valence electrons. The lowest BCUT2D eigenvalue weighted by Crippen LogP contribution is -2.53. The van der Waals surface area contributed by atoms with Crippen molar-refractivity contribution in [2.75, 3.05) is 60.4 Å². The molecule has 0 saturated carbocycles. The molecule has 20 heavy (non-hydrogen) atoms. The van der Waals surface area contributed by atoms with Gasteiger partial charge in [0.2, 0.25) is 0 Å². The van der Waals surface area contributed by atoms with Crippen molar-refractivity contribution in [3.05, 3.63) is 0 Å². The minimum Gasteiger partial charge on any atom is -0.308 e. The first-order chi connectivity index (χ1) is 9.40. The topological polar surface area (TPSA) is 45.5 Å². The average molecular weight is 281 g/mol. The minimum absolute atomic E-state index is 0.415. The first-order valence-corrected chi connectivity index (χ1v) is 7.61. The lowest BCUT2D eigenvalue weighted by Gasteiger charge is -2.40. The third-order valence-electron chi connectivity index (χ3n) is 4.40. The molecule has 1 saturated heterocycles. The van der Waals surface area contributed by atoms with Crippen LogP contribution in [0.2, 0.25) is 0 Å². The molecular weight excluding hydrogens is 250 g/mol. The molecule has 2 unspecified atom stereocenters. The van der Waals surface area contributed by atoms with E-state index in [9.17, 15) is 5.26 Å². The van der Waals surface area contributed by atoms with Crippen LogP contribution < -0.4 is 5.32 Å². The standard InChI is InChI=1S/C15H31N5/c1-14(12-15(2,13-16)17-3)20-10-8-19(9-11-20)7-6-18(4)5/h14,17H,6-12H2,1-5H3. The number of hydrogen-bond acceptors (Lipinski definition) is 5. The van der Waals surface area contributed by atoms with Crippen molar-refractivity contribution in [3.63, 3.8) is 0 Å². The largest absolute Gasteiger partial charge is 0.308 e. The van der Waals surface area contributed by atoms with E-state index < -0.39 is 5.54 Å². The summed E-state index contributed by atoms with van der Waals surface area (Å²) in [6.07, 6.45) is 0.873. The lowest BCUT2D eigenvalue weighted by atomic mass is 9.94. The molecule has 0 amide bonds. The van der Waals surface area contributed by atoms with Gasteiger partial charge in [-0.1, -0.05) is 0 Å². The van der Waals surface area contributed by atoms with Crippen LogP contribution in [-0.2, 0) is 0 Å². The van der Waals surface area contributed by atoms with Gasteiger partial charge in [-0.25, -0.2) is 0 Å². The molecule has 1 aliphatic rings. The molecule has 1 rings (SSSR count). The van der Waals surface area contributed by atoms with Gasteiger partial charge >= 0.3 is 0 Å². The van der Waals surface area contributed by atoms with Crippen molar-refractivity contribution < 1.29 is 0 Å². The zero-order valence-corrected chi connectivity index (χ0v) is 13.8. The number of hydrogen-bond donors (Lipinski definition) is 1. The molecule has 0 spiro atoms. The fourth-order valence-corrected chi connectivity index (χ4v) is 2.69. The predicted octanol–water partition coefficient (Wildman–Crippen LogP) is 0.446. The van der Waals surface area contributed by atoms with Gasteiger partial charge < -0.3 is 10.2 Å². The van der Waals surface area contributed by atoms with Crippen LogP contribution >= 0.6 is 0 Å². The normalized spacial score (nSPS) is 22.4. The third kappa shape index (κ3) is 5.37. The summed E-state index contributed by atoms with van der Waals surface area (Å²) in [4.78, 5) is 7.28. The smallest absolute Gasteiger partial charge is 0.105 e. The summed E-state index contributed by atoms with van der Waals surface area (Å²) >= 11 is 0. The maximum Gasteiger partial charge on any atom is 0.105 e. The van der Waals surface area contributed by atoms with Crippen LogP contribution in [0.4, 0.5) is 0 Å². The first-order valence-electron chi connectivity index (χ1n) is 7.61. The highest BCUT2D eigenvalue weighted by Crippen LogP contribution is 2.16. The Kier molecular flexibility index (Phi) is 6.90. The van der Waals surface area contributed by atoms with E-state index in [0.717, 1.165) is 45.7 Å². The fourth-order valence-electron chi connectivity index (χ4n) is 2.69. The van der Waals surface area contributed by atoms with E-state index >= 15 is 0 Å². The minimum atomic E-state index is -0.415. The average Bonchev–Trinajstić information content (AvgIpc) is 2.45. The lowest BCUT2D eigenvalue weighted by molar-refractivity contribution is 0.0874. The van der Waals surface area contributed by atoms with Gasteiger partial charge in [0.15, 0.2) is 0 Å². The highest BCUT2D eigenvalue weighted by Gasteiger charge is 2.28. The Balaban J connectivity index is 2.36. The Bertz CT molecular complexity index is 317. The van der Waals surface area contributed by atoms with Crippen molar-refractivity contribution in [1.82, 2.24) is 20.0 Å². The Morgan fingerprint density at radius 2 is 1.90 bits per heavy atom. The van der Waals surface area contributed by atoms with Crippen LogP contribution in [0.15, 0.2) is 0 Å². The van der Waals surface area contributed by atoms with Crippen molar-refractivity contribution in [3.8, 4) is 6.07 Å². The van der Waals surface area contributed by atoms with E-state index in [0.29, 0.717) is 6.04 Å². The Morgan fingerprint density at radius 3 is 2.35 bits per heavy atom. The second-order valence-corrected chi connectivity index (χ2v) is 6.43. The number of nitrogens with one attached hydrogen (secondary N) is 1. The van der Waals surface area contributed by atoms with Gasteiger partial charge in [-0.3, -0.25) is 9.80 Å². The number of nitriles is 1. The van der Waals surface area contributed by atoms with Gasteiger partial charge in [0.25, 0.3) is 0 Å². The Labute approximate surface area is 124 Å². The quantitative estimate of drug-likeness (QED) is 0.734. The van der Waals surface area contributed by atoms with E-state index in [4.69, 9.17) is 0 Å². The summed E-state index contributed by atoms with van der Waals surface area (Å²) in [6, 6.07) is 2.83. The maximum absolute atomic E-state index is 9.25. The molecule has 1 heterocycles. The van der Waals surface area contributed by atoms with Crippen LogP contribution in [0.3, 0.4) is 0 Å². The Morgan fingerprint density at radius 1 is 1.30 bits per heavy atom. The van der Waals surface area contributed by atoms with Gasteiger partial charge in [0.05, 0.1) is 6.07 Å². The van der Waals surface area contributed by atoms with Crippen LogP contribution in [0.25, 0.3) is 0 Å². The zero-order valence-electron chi connectivity index (χ0n) is 13.8. The second kappa shape index (κ2) is 7.94. The molecule has 1 N–H and O–H groups in total. The summed E-state index contributed by atoms with van der Waals surface area (Å²) in [5.41, 5.74) is -0.415. The van der Waals surface area contributed by atoms with E-state index in [-0.39, 0.29) is 0 Å². The summed E-state index contributed by atoms with van der Waals surface area (Å²) in [5.74, 6) is 0. The molecule has 0 aromatic rings. The summed E-state index contributed by atoms with van der Waals surface area (Å²) < 4.78 is 0. The van der Waals surface area contributed by atoms with Crippen molar-refractivity contribution in [1.29, 1.82) is 5.26 Å². The van der Waals surface area contributed by atoms with Gasteiger partial charge in [0, 0.05) is 45.3 Å². The van der Waals surface area contributed by atoms with Crippen molar-refractivity contribution in [2.45, 2.75) is 31.8 Å². The molecule has 0 aromatic carbocycles. The van der Waals surface area contributed by atoms with Gasteiger partial charge in [0.1, 0.15) is 5.54 Å². The molecule has 5 heteroatoms. The summed E-state index contributed by atoms with van der Waals surface area (Å²) in [6.45, 7) is 11.0. The maximum atomic E-state index is 9.25. The van der Waals surface area contributed by atoms with Gasteiger partial charge in [-0.2, -0.15) is 5.26 Å². The van der Waals surface area contributed by atoms with Crippen LogP contribution in [0, 0.1) is 11.3 Å². The van der Waals surface area contributed by atoms with Crippen LogP contribution in [-0.4, -0.2) is 86.7 Å². The zero-order chi connectivity index (χ0) is 15.2. The Hall–Kier alpha value is -0.670. The van der Waals surface area contributed by atoms with Crippen LogP contribution in [0.5, 0.6) is 0 Å². The molecule has 0 aromatic heterocycles. The molecule has 1 aliphatic heterocycles. The van der Waals surface area contributed by atoms with E-state index in [1.807, 2.05) is 14.0 Å². The number of rotatable bonds is 7. The van der Waals surface area contributed by atoms with Gasteiger partial charge in [-0.05, 0) is 41.4 Å². The SMILES string of the molecule is CNC(C)(C#N)CC(C)N1CCN(CCN(C)C)CC1. The molecule has 5 nitrogen and oxygen atoms in total. The van der Waals surface area contributed by atoms with Crippen molar-refractivity contribution in [2.24, 2.45) is 0 Å². The number of piperazine rings is 1. The predicted molar refractivity (Wildman–Crippen MR) is 83.7 cm³/mol. The fraction of sp³-hybridized carbons (Fsp3) is 0.933. The number of nitrogens with zero attached hydrogens (tertiary/aromatic N) is 4. The second-order valence-electron chi connectivity index (χ2n) is 6.43. The van der Waals surface area contributed by atoms with E-state index in [2.05, 4.69) is 47.1 Å². The number of likely N-dealkylation sites (N-methyl/N-ethyl adjacent to an activating group) is 1. The molecule has 1 fully saturated rings. The highest BCUT2D eigenvalue weighted by atomic mass is 15.3. The molecule has 0 aliphatic carbocycles.